The summed E-state index contributed by atoms with van der Waals surface area (Å²) in [6.07, 6.45) is 13.7. The number of ether oxygens (including phenoxy) is 1. The van der Waals surface area contributed by atoms with Crippen molar-refractivity contribution in [3.05, 3.63) is 0 Å². The van der Waals surface area contributed by atoms with Gasteiger partial charge in [-0.25, -0.2) is 0 Å². The van der Waals surface area contributed by atoms with Gasteiger partial charge in [-0.15, -0.1) is 0 Å². The highest BCUT2D eigenvalue weighted by atomic mass is 16.5. The molecule has 1 unspecified atom stereocenters. The molecule has 0 amide bonds. The van der Waals surface area contributed by atoms with Crippen molar-refractivity contribution in [2.45, 2.75) is 94.9 Å². The Morgan fingerprint density at radius 1 is 1.00 bits per heavy atom. The van der Waals surface area contributed by atoms with Crippen LogP contribution in [0.1, 0.15) is 77.6 Å². The Bertz CT molecular complexity index is 330. The molecule has 0 aromatic rings. The average Bonchev–Trinajstić information content (AvgIpc) is 2.86. The normalized spacial score (nSPS) is 39.7. The number of rotatable bonds is 4. The first kappa shape index (κ1) is 15.8. The molecule has 2 aliphatic carbocycles. The van der Waals surface area contributed by atoms with Gasteiger partial charge in [-0.05, 0) is 57.3 Å². The molecule has 122 valence electrons. The van der Waals surface area contributed by atoms with E-state index in [-0.39, 0.29) is 5.60 Å². The summed E-state index contributed by atoms with van der Waals surface area (Å²) in [6, 6.07) is 0. The van der Waals surface area contributed by atoms with Crippen LogP contribution < -0.4 is 5.32 Å². The van der Waals surface area contributed by atoms with Gasteiger partial charge in [-0.1, -0.05) is 26.2 Å². The molecule has 21 heavy (non-hydrogen) atoms. The lowest BCUT2D eigenvalue weighted by Gasteiger charge is -2.36. The second-order valence-electron chi connectivity index (χ2n) is 8.06. The summed E-state index contributed by atoms with van der Waals surface area (Å²) in [6.45, 7) is 3.95. The minimum Gasteiger partial charge on any atom is -0.389 e. The fraction of sp³-hybridized carbons (Fsp3) is 1.00. The number of nitrogens with one attached hydrogen (secondary N) is 1. The van der Waals surface area contributed by atoms with Crippen molar-refractivity contribution in [1.82, 2.24) is 5.32 Å². The fourth-order valence-corrected chi connectivity index (χ4v) is 4.55. The molecule has 0 aromatic carbocycles. The lowest BCUT2D eigenvalue weighted by Crippen LogP contribution is -2.45. The van der Waals surface area contributed by atoms with Crippen LogP contribution in [0.3, 0.4) is 0 Å². The van der Waals surface area contributed by atoms with Gasteiger partial charge in [0.1, 0.15) is 0 Å². The predicted molar refractivity (Wildman–Crippen MR) is 85.4 cm³/mol. The summed E-state index contributed by atoms with van der Waals surface area (Å²) < 4.78 is 6.39. The molecule has 1 saturated heterocycles. The minimum atomic E-state index is -0.465. The number of hydrogen-bond donors (Lipinski definition) is 2. The van der Waals surface area contributed by atoms with Crippen molar-refractivity contribution < 1.29 is 9.84 Å². The molecule has 3 nitrogen and oxygen atoms in total. The second-order valence-corrected chi connectivity index (χ2v) is 8.06. The zero-order chi connectivity index (χ0) is 14.8. The smallest absolute Gasteiger partial charge is 0.0771 e. The van der Waals surface area contributed by atoms with Crippen molar-refractivity contribution in [1.29, 1.82) is 0 Å². The SMILES string of the molecule is CC1CCC(O)(CNCC2CCC3(CCCCC3)O2)CC1. The van der Waals surface area contributed by atoms with E-state index in [1.54, 1.807) is 0 Å². The molecule has 3 rings (SSSR count). The zero-order valence-corrected chi connectivity index (χ0v) is 13.7. The Hall–Kier alpha value is -0.120. The lowest BCUT2D eigenvalue weighted by molar-refractivity contribution is -0.0650. The third-order valence-electron chi connectivity index (χ3n) is 6.13. The van der Waals surface area contributed by atoms with Crippen LogP contribution in [0.4, 0.5) is 0 Å². The summed E-state index contributed by atoms with van der Waals surface area (Å²) in [7, 11) is 0. The van der Waals surface area contributed by atoms with E-state index >= 15 is 0 Å². The summed E-state index contributed by atoms with van der Waals surface area (Å²) in [4.78, 5) is 0. The van der Waals surface area contributed by atoms with E-state index in [4.69, 9.17) is 4.74 Å². The monoisotopic (exact) mass is 295 g/mol. The van der Waals surface area contributed by atoms with Crippen LogP contribution in [0.5, 0.6) is 0 Å². The van der Waals surface area contributed by atoms with Crippen molar-refractivity contribution in [3.8, 4) is 0 Å². The van der Waals surface area contributed by atoms with E-state index in [1.807, 2.05) is 0 Å². The molecule has 3 heteroatoms. The van der Waals surface area contributed by atoms with Gasteiger partial charge in [0.2, 0.25) is 0 Å². The molecular formula is C18H33NO2. The topological polar surface area (TPSA) is 41.5 Å². The molecular weight excluding hydrogens is 262 g/mol. The quantitative estimate of drug-likeness (QED) is 0.835. The van der Waals surface area contributed by atoms with Gasteiger partial charge < -0.3 is 15.2 Å². The lowest BCUT2D eigenvalue weighted by atomic mass is 9.79. The van der Waals surface area contributed by atoms with Gasteiger partial charge in [0, 0.05) is 13.1 Å². The van der Waals surface area contributed by atoms with Crippen molar-refractivity contribution >= 4 is 0 Å². The largest absolute Gasteiger partial charge is 0.389 e. The molecule has 1 heterocycles. The highest BCUT2D eigenvalue weighted by Crippen LogP contribution is 2.41. The van der Waals surface area contributed by atoms with Crippen LogP contribution >= 0.6 is 0 Å². The zero-order valence-electron chi connectivity index (χ0n) is 13.7. The van der Waals surface area contributed by atoms with Gasteiger partial charge in [-0.2, -0.15) is 0 Å². The molecule has 0 aromatic heterocycles. The standard InChI is InChI=1S/C18H33NO2/c1-15-5-10-17(20,11-6-15)14-19-13-16-7-12-18(21-16)8-3-2-4-9-18/h15-16,19-20H,2-14H2,1H3. The summed E-state index contributed by atoms with van der Waals surface area (Å²) in [5, 5.41) is 14.1. The molecule has 2 N–H and O–H groups in total. The molecule has 3 fully saturated rings. The van der Waals surface area contributed by atoms with Crippen molar-refractivity contribution in [2.75, 3.05) is 13.1 Å². The fourth-order valence-electron chi connectivity index (χ4n) is 4.55. The molecule has 0 bridgehead atoms. The van der Waals surface area contributed by atoms with E-state index < -0.39 is 5.60 Å². The third kappa shape index (κ3) is 4.00. The maximum Gasteiger partial charge on any atom is 0.0771 e. The van der Waals surface area contributed by atoms with Gasteiger partial charge in [0.05, 0.1) is 17.3 Å². The van der Waals surface area contributed by atoms with Gasteiger partial charge >= 0.3 is 0 Å². The van der Waals surface area contributed by atoms with E-state index in [1.165, 1.54) is 57.8 Å². The predicted octanol–water partition coefficient (Wildman–Crippen LogP) is 3.40. The average molecular weight is 295 g/mol. The number of hydrogen-bond acceptors (Lipinski definition) is 3. The van der Waals surface area contributed by atoms with Crippen molar-refractivity contribution in [3.63, 3.8) is 0 Å². The maximum absolute atomic E-state index is 10.6. The first-order valence-corrected chi connectivity index (χ1v) is 9.20. The van der Waals surface area contributed by atoms with E-state index in [0.29, 0.717) is 6.10 Å². The summed E-state index contributed by atoms with van der Waals surface area (Å²) in [5.41, 5.74) is -0.241. The first-order valence-electron chi connectivity index (χ1n) is 9.20. The molecule has 3 aliphatic rings. The Morgan fingerprint density at radius 2 is 1.71 bits per heavy atom. The van der Waals surface area contributed by atoms with Crippen molar-refractivity contribution in [2.24, 2.45) is 5.92 Å². The first-order chi connectivity index (χ1) is 10.1. The highest BCUT2D eigenvalue weighted by molar-refractivity contribution is 4.92. The minimum absolute atomic E-state index is 0.224. The second kappa shape index (κ2) is 6.55. The Labute approximate surface area is 129 Å². The maximum atomic E-state index is 10.6. The Balaban J connectivity index is 1.38. The van der Waals surface area contributed by atoms with Crippen LogP contribution in [0.2, 0.25) is 0 Å². The number of aliphatic hydroxyl groups is 1. The van der Waals surface area contributed by atoms with Crippen LogP contribution in [-0.4, -0.2) is 35.5 Å². The third-order valence-corrected chi connectivity index (χ3v) is 6.13. The summed E-state index contributed by atoms with van der Waals surface area (Å²) in [5.74, 6) is 0.787. The van der Waals surface area contributed by atoms with Crippen LogP contribution in [0.25, 0.3) is 0 Å². The van der Waals surface area contributed by atoms with Crippen LogP contribution in [0, 0.1) is 5.92 Å². The van der Waals surface area contributed by atoms with Gasteiger partial charge in [0.15, 0.2) is 0 Å². The van der Waals surface area contributed by atoms with E-state index in [9.17, 15) is 5.11 Å². The van der Waals surface area contributed by atoms with Crippen LogP contribution in [0.15, 0.2) is 0 Å². The van der Waals surface area contributed by atoms with E-state index in [0.717, 1.165) is 31.8 Å². The van der Waals surface area contributed by atoms with Crippen LogP contribution in [-0.2, 0) is 4.74 Å². The molecule has 1 spiro atoms. The summed E-state index contributed by atoms with van der Waals surface area (Å²) >= 11 is 0. The molecule has 2 saturated carbocycles. The molecule has 0 radical (unpaired) electrons. The van der Waals surface area contributed by atoms with E-state index in [2.05, 4.69) is 12.2 Å². The molecule has 1 atom stereocenters. The molecule has 1 aliphatic heterocycles. The highest BCUT2D eigenvalue weighted by Gasteiger charge is 2.40. The van der Waals surface area contributed by atoms with Gasteiger partial charge in [-0.3, -0.25) is 0 Å². The Morgan fingerprint density at radius 3 is 2.43 bits per heavy atom. The van der Waals surface area contributed by atoms with Gasteiger partial charge in [0.25, 0.3) is 0 Å². The Kier molecular flexibility index (Phi) is 4.92.